The van der Waals surface area contributed by atoms with Gasteiger partial charge in [0.25, 0.3) is 0 Å². The predicted molar refractivity (Wildman–Crippen MR) is 89.5 cm³/mol. The predicted octanol–water partition coefficient (Wildman–Crippen LogP) is 5.19. The average molecular weight is 350 g/mol. The molecule has 3 nitrogen and oxygen atoms in total. The molecule has 2 aromatic heterocycles. The van der Waals surface area contributed by atoms with Gasteiger partial charge in [-0.15, -0.1) is 0 Å². The molecule has 0 radical (unpaired) electrons. The van der Waals surface area contributed by atoms with Crippen LogP contribution >= 0.6 is 23.2 Å². The first kappa shape index (κ1) is 16.0. The van der Waals surface area contributed by atoms with E-state index in [9.17, 15) is 4.39 Å². The smallest absolute Gasteiger partial charge is 0.141 e. The molecule has 2 unspecified atom stereocenters. The molecular formula is C17H14Cl2FN3. The van der Waals surface area contributed by atoms with Gasteiger partial charge in [0.05, 0.1) is 11.3 Å². The number of nitrogens with one attached hydrogen (secondary N) is 1. The Balaban J connectivity index is 2.11. The number of imidazole rings is 1. The van der Waals surface area contributed by atoms with Crippen molar-refractivity contribution in [3.05, 3.63) is 81.9 Å². The molecule has 0 amide bonds. The van der Waals surface area contributed by atoms with Crippen LogP contribution in [0.15, 0.2) is 49.1 Å². The van der Waals surface area contributed by atoms with Crippen LogP contribution in [0.2, 0.25) is 10.2 Å². The molecule has 0 saturated carbocycles. The van der Waals surface area contributed by atoms with E-state index < -0.39 is 5.82 Å². The van der Waals surface area contributed by atoms with Crippen molar-refractivity contribution < 1.29 is 4.39 Å². The summed E-state index contributed by atoms with van der Waals surface area (Å²) in [6, 6.07) is 8.50. The van der Waals surface area contributed by atoms with Crippen molar-refractivity contribution in [2.75, 3.05) is 0 Å². The van der Waals surface area contributed by atoms with Gasteiger partial charge < -0.3 is 4.98 Å². The molecule has 0 aliphatic carbocycles. The molecule has 3 aromatic rings. The summed E-state index contributed by atoms with van der Waals surface area (Å²) in [7, 11) is 0. The number of hydrogen-bond acceptors (Lipinski definition) is 2. The molecule has 2 atom stereocenters. The summed E-state index contributed by atoms with van der Waals surface area (Å²) in [4.78, 5) is 11.2. The summed E-state index contributed by atoms with van der Waals surface area (Å²) in [5.41, 5.74) is 2.86. The summed E-state index contributed by atoms with van der Waals surface area (Å²) in [5, 5.41) is 0.516. The molecule has 2 heterocycles. The van der Waals surface area contributed by atoms with Crippen LogP contribution in [0.5, 0.6) is 0 Å². The van der Waals surface area contributed by atoms with Gasteiger partial charge >= 0.3 is 0 Å². The normalized spacial score (nSPS) is 13.7. The van der Waals surface area contributed by atoms with E-state index in [1.807, 2.05) is 12.1 Å². The SMILES string of the molecule is CC(c1cnc[nH]1)C(c1ccnc(Cl)c1)c1ccc(F)c(Cl)c1. The molecule has 3 rings (SSSR count). The Bertz CT molecular complexity index is 805. The number of pyridine rings is 1. The lowest BCUT2D eigenvalue weighted by molar-refractivity contribution is 0.618. The largest absolute Gasteiger partial charge is 0.348 e. The number of benzene rings is 1. The lowest BCUT2D eigenvalue weighted by Crippen LogP contribution is -2.11. The van der Waals surface area contributed by atoms with Gasteiger partial charge in [-0.1, -0.05) is 36.2 Å². The van der Waals surface area contributed by atoms with Crippen LogP contribution in [-0.4, -0.2) is 15.0 Å². The number of hydrogen-bond donors (Lipinski definition) is 1. The van der Waals surface area contributed by atoms with Crippen LogP contribution in [0.4, 0.5) is 4.39 Å². The number of nitrogens with zero attached hydrogens (tertiary/aromatic N) is 2. The Hall–Kier alpha value is -1.91. The monoisotopic (exact) mass is 349 g/mol. The number of aromatic nitrogens is 3. The second-order valence-corrected chi connectivity index (χ2v) is 6.15. The van der Waals surface area contributed by atoms with E-state index in [0.717, 1.165) is 16.8 Å². The van der Waals surface area contributed by atoms with Crippen molar-refractivity contribution in [2.24, 2.45) is 0 Å². The van der Waals surface area contributed by atoms with Crippen molar-refractivity contribution in [3.63, 3.8) is 0 Å². The Labute approximate surface area is 143 Å². The molecule has 0 saturated heterocycles. The highest BCUT2D eigenvalue weighted by molar-refractivity contribution is 6.30. The maximum absolute atomic E-state index is 13.5. The summed E-state index contributed by atoms with van der Waals surface area (Å²) < 4.78 is 13.5. The van der Waals surface area contributed by atoms with Gasteiger partial charge in [0.1, 0.15) is 11.0 Å². The standard InChI is InChI=1S/C17H14Cl2FN3/c1-10(15-8-21-9-23-15)17(12-4-5-22-16(19)7-12)11-2-3-14(20)13(18)6-11/h2-10,17H,1H3,(H,21,23). The molecule has 0 aliphatic rings. The van der Waals surface area contributed by atoms with Gasteiger partial charge in [0.2, 0.25) is 0 Å². The quantitative estimate of drug-likeness (QED) is 0.658. The third kappa shape index (κ3) is 3.38. The van der Waals surface area contributed by atoms with E-state index in [1.54, 1.807) is 30.9 Å². The Morgan fingerprint density at radius 2 is 1.91 bits per heavy atom. The lowest BCUT2D eigenvalue weighted by atomic mass is 9.80. The van der Waals surface area contributed by atoms with Crippen LogP contribution < -0.4 is 0 Å². The third-order valence-corrected chi connectivity index (χ3v) is 4.42. The van der Waals surface area contributed by atoms with Crippen LogP contribution in [0.25, 0.3) is 0 Å². The van der Waals surface area contributed by atoms with Crippen LogP contribution in [0.1, 0.15) is 35.6 Å². The van der Waals surface area contributed by atoms with E-state index in [4.69, 9.17) is 23.2 Å². The number of H-pyrrole nitrogens is 1. The van der Waals surface area contributed by atoms with Crippen molar-refractivity contribution in [2.45, 2.75) is 18.8 Å². The van der Waals surface area contributed by atoms with E-state index in [0.29, 0.717) is 5.15 Å². The molecule has 23 heavy (non-hydrogen) atoms. The molecule has 6 heteroatoms. The zero-order chi connectivity index (χ0) is 16.4. The van der Waals surface area contributed by atoms with Gasteiger partial charge in [-0.25, -0.2) is 14.4 Å². The highest BCUT2D eigenvalue weighted by Crippen LogP contribution is 2.39. The maximum Gasteiger partial charge on any atom is 0.141 e. The highest BCUT2D eigenvalue weighted by atomic mass is 35.5. The molecule has 1 N–H and O–H groups in total. The molecule has 0 aliphatic heterocycles. The van der Waals surface area contributed by atoms with Gasteiger partial charge in [-0.3, -0.25) is 0 Å². The van der Waals surface area contributed by atoms with Crippen molar-refractivity contribution in [1.82, 2.24) is 15.0 Å². The number of aromatic amines is 1. The summed E-state index contributed by atoms with van der Waals surface area (Å²) in [5.74, 6) is -0.428. The van der Waals surface area contributed by atoms with E-state index in [2.05, 4.69) is 21.9 Å². The van der Waals surface area contributed by atoms with E-state index >= 15 is 0 Å². The van der Waals surface area contributed by atoms with E-state index in [-0.39, 0.29) is 16.9 Å². The Morgan fingerprint density at radius 1 is 1.13 bits per heavy atom. The van der Waals surface area contributed by atoms with Crippen LogP contribution in [0.3, 0.4) is 0 Å². The van der Waals surface area contributed by atoms with Crippen LogP contribution in [0, 0.1) is 5.82 Å². The molecular weight excluding hydrogens is 336 g/mol. The average Bonchev–Trinajstić information content (AvgIpc) is 3.05. The number of rotatable bonds is 4. The summed E-state index contributed by atoms with van der Waals surface area (Å²) in [6.07, 6.45) is 5.08. The Kier molecular flexibility index (Phi) is 4.64. The topological polar surface area (TPSA) is 41.6 Å². The molecule has 0 spiro atoms. The van der Waals surface area contributed by atoms with Gasteiger partial charge in [0.15, 0.2) is 0 Å². The molecule has 0 fully saturated rings. The van der Waals surface area contributed by atoms with Crippen molar-refractivity contribution in [3.8, 4) is 0 Å². The number of halogens is 3. The van der Waals surface area contributed by atoms with Crippen molar-refractivity contribution >= 4 is 23.2 Å². The molecule has 1 aromatic carbocycles. The molecule has 0 bridgehead atoms. The fraction of sp³-hybridized carbons (Fsp3) is 0.176. The zero-order valence-electron chi connectivity index (χ0n) is 12.3. The van der Waals surface area contributed by atoms with E-state index in [1.165, 1.54) is 6.07 Å². The lowest BCUT2D eigenvalue weighted by Gasteiger charge is -2.24. The second kappa shape index (κ2) is 6.69. The zero-order valence-corrected chi connectivity index (χ0v) is 13.8. The maximum atomic E-state index is 13.5. The first-order chi connectivity index (χ1) is 11.1. The van der Waals surface area contributed by atoms with Gasteiger partial charge in [-0.2, -0.15) is 0 Å². The minimum Gasteiger partial charge on any atom is -0.348 e. The third-order valence-electron chi connectivity index (χ3n) is 3.92. The van der Waals surface area contributed by atoms with Gasteiger partial charge in [-0.05, 0) is 35.4 Å². The highest BCUT2D eigenvalue weighted by Gasteiger charge is 2.25. The first-order valence-electron chi connectivity index (χ1n) is 7.11. The second-order valence-electron chi connectivity index (χ2n) is 5.36. The van der Waals surface area contributed by atoms with Crippen LogP contribution in [-0.2, 0) is 0 Å². The minimum atomic E-state index is -0.434. The minimum absolute atomic E-state index is 0.0611. The first-order valence-corrected chi connectivity index (χ1v) is 7.86. The molecule has 118 valence electrons. The van der Waals surface area contributed by atoms with Crippen molar-refractivity contribution in [1.29, 1.82) is 0 Å². The summed E-state index contributed by atoms with van der Waals surface area (Å²) in [6.45, 7) is 2.07. The Morgan fingerprint density at radius 3 is 2.57 bits per heavy atom. The fourth-order valence-electron chi connectivity index (χ4n) is 2.78. The fourth-order valence-corrected chi connectivity index (χ4v) is 3.15. The summed E-state index contributed by atoms with van der Waals surface area (Å²) >= 11 is 12.0. The van der Waals surface area contributed by atoms with Gasteiger partial charge in [0, 0.05) is 29.9 Å².